The summed E-state index contributed by atoms with van der Waals surface area (Å²) < 4.78 is 0. The number of para-hydroxylation sites is 1. The summed E-state index contributed by atoms with van der Waals surface area (Å²) in [5, 5.41) is 1.12. The second-order valence-corrected chi connectivity index (χ2v) is 7.50. The lowest BCUT2D eigenvalue weighted by molar-refractivity contribution is -0.128. The number of hydrogen-bond donors (Lipinski definition) is 1. The van der Waals surface area contributed by atoms with Crippen LogP contribution in [0.15, 0.2) is 48.8 Å². The molecule has 0 aliphatic carbocycles. The Hall–Kier alpha value is -3.15. The van der Waals surface area contributed by atoms with Crippen LogP contribution in [0.2, 0.25) is 0 Å². The molecule has 0 saturated carbocycles. The smallest absolute Gasteiger partial charge is 0.328 e. The molecule has 2 aliphatic rings. The number of imide groups is 1. The molecule has 0 bridgehead atoms. The quantitative estimate of drug-likeness (QED) is 0.709. The molecule has 0 radical (unpaired) electrons. The first-order chi connectivity index (χ1) is 13.7. The van der Waals surface area contributed by atoms with Crippen molar-refractivity contribution in [3.8, 4) is 0 Å². The zero-order chi connectivity index (χ0) is 19.3. The van der Waals surface area contributed by atoms with Gasteiger partial charge >= 0.3 is 6.03 Å². The molecule has 0 spiro atoms. The predicted octanol–water partition coefficient (Wildman–Crippen LogP) is 3.64. The molecule has 4 heterocycles. The second kappa shape index (κ2) is 6.48. The highest BCUT2D eigenvalue weighted by Crippen LogP contribution is 2.43. The number of nitrogens with zero attached hydrogens (tertiary/aromatic N) is 3. The van der Waals surface area contributed by atoms with Crippen molar-refractivity contribution in [2.45, 2.75) is 38.3 Å². The summed E-state index contributed by atoms with van der Waals surface area (Å²) in [6.07, 6.45) is 5.82. The van der Waals surface area contributed by atoms with Gasteiger partial charge in [-0.2, -0.15) is 0 Å². The molecule has 3 aromatic rings. The largest absolute Gasteiger partial charge is 0.356 e. The summed E-state index contributed by atoms with van der Waals surface area (Å²) in [6.45, 7) is 2.55. The number of rotatable bonds is 4. The molecule has 1 fully saturated rings. The highest BCUT2D eigenvalue weighted by atomic mass is 16.2. The van der Waals surface area contributed by atoms with Gasteiger partial charge in [-0.25, -0.2) is 4.79 Å². The predicted molar refractivity (Wildman–Crippen MR) is 106 cm³/mol. The lowest BCUT2D eigenvalue weighted by atomic mass is 9.89. The summed E-state index contributed by atoms with van der Waals surface area (Å²) in [5.74, 6) is -0.0803. The number of urea groups is 1. The van der Waals surface area contributed by atoms with Gasteiger partial charge in [0.05, 0.1) is 0 Å². The van der Waals surface area contributed by atoms with Gasteiger partial charge in [-0.3, -0.25) is 19.6 Å². The van der Waals surface area contributed by atoms with Crippen LogP contribution in [0.25, 0.3) is 10.9 Å². The van der Waals surface area contributed by atoms with E-state index in [1.807, 2.05) is 30.3 Å². The minimum Gasteiger partial charge on any atom is -0.356 e. The number of pyridine rings is 1. The SMILES string of the molecule is CCCCN1C(=O)[C@@H]2Cc3c([nH]c4ccccc34)[C@H](c3cccnc3)N2C1=O. The number of unbranched alkanes of at least 4 members (excludes halogenated alkanes) is 1. The first-order valence-electron chi connectivity index (χ1n) is 9.83. The summed E-state index contributed by atoms with van der Waals surface area (Å²) in [5.41, 5.74) is 4.07. The molecule has 2 aromatic heterocycles. The summed E-state index contributed by atoms with van der Waals surface area (Å²) >= 11 is 0. The fraction of sp³-hybridized carbons (Fsp3) is 0.318. The van der Waals surface area contributed by atoms with Crippen molar-refractivity contribution >= 4 is 22.8 Å². The van der Waals surface area contributed by atoms with Crippen LogP contribution in [-0.4, -0.2) is 44.3 Å². The standard InChI is InChI=1S/C22H22N4O2/c1-2-3-11-25-21(27)18-12-16-15-8-4-5-9-17(15)24-19(16)20(26(18)22(25)28)14-7-6-10-23-13-14/h4-10,13,18,20,24H,2-3,11-12H2,1H3/t18-,20-/m0/s1. The molecular weight excluding hydrogens is 352 g/mol. The third kappa shape index (κ3) is 2.37. The average Bonchev–Trinajstić information content (AvgIpc) is 3.21. The molecular formula is C22H22N4O2. The Balaban J connectivity index is 1.68. The van der Waals surface area contributed by atoms with Gasteiger partial charge in [0.25, 0.3) is 5.91 Å². The Morgan fingerprint density at radius 3 is 2.82 bits per heavy atom. The number of H-pyrrole nitrogens is 1. The number of nitrogens with one attached hydrogen (secondary N) is 1. The fourth-order valence-electron chi connectivity index (χ4n) is 4.54. The van der Waals surface area contributed by atoms with E-state index in [0.29, 0.717) is 13.0 Å². The Labute approximate surface area is 163 Å². The van der Waals surface area contributed by atoms with E-state index in [4.69, 9.17) is 0 Å². The van der Waals surface area contributed by atoms with Gasteiger partial charge in [-0.05, 0) is 29.7 Å². The Kier molecular flexibility index (Phi) is 3.93. The number of aromatic amines is 1. The maximum atomic E-state index is 13.3. The van der Waals surface area contributed by atoms with Gasteiger partial charge in [0.15, 0.2) is 0 Å². The van der Waals surface area contributed by atoms with Crippen molar-refractivity contribution in [1.29, 1.82) is 0 Å². The Morgan fingerprint density at radius 1 is 1.18 bits per heavy atom. The maximum absolute atomic E-state index is 13.3. The third-order valence-corrected chi connectivity index (χ3v) is 5.87. The minimum atomic E-state index is -0.457. The van der Waals surface area contributed by atoms with E-state index in [1.165, 1.54) is 4.90 Å². The topological polar surface area (TPSA) is 69.3 Å². The maximum Gasteiger partial charge on any atom is 0.328 e. The third-order valence-electron chi connectivity index (χ3n) is 5.87. The highest BCUT2D eigenvalue weighted by molar-refractivity contribution is 6.05. The number of hydrogen-bond acceptors (Lipinski definition) is 3. The van der Waals surface area contributed by atoms with Crippen molar-refractivity contribution in [2.24, 2.45) is 0 Å². The van der Waals surface area contributed by atoms with Gasteiger partial charge in [-0.15, -0.1) is 0 Å². The number of fused-ring (bicyclic) bond motifs is 4. The molecule has 0 unspecified atom stereocenters. The Bertz CT molecular complexity index is 1060. The van der Waals surface area contributed by atoms with Crippen molar-refractivity contribution < 1.29 is 9.59 Å². The van der Waals surface area contributed by atoms with Crippen LogP contribution in [0.5, 0.6) is 0 Å². The second-order valence-electron chi connectivity index (χ2n) is 7.50. The minimum absolute atomic E-state index is 0.0803. The van der Waals surface area contributed by atoms with Crippen LogP contribution < -0.4 is 0 Å². The van der Waals surface area contributed by atoms with E-state index < -0.39 is 6.04 Å². The lowest BCUT2D eigenvalue weighted by Gasteiger charge is -2.35. The van der Waals surface area contributed by atoms with E-state index in [1.54, 1.807) is 17.3 Å². The molecule has 3 amide bonds. The molecule has 1 N–H and O–H groups in total. The highest BCUT2D eigenvalue weighted by Gasteiger charge is 2.52. The lowest BCUT2D eigenvalue weighted by Crippen LogP contribution is -2.44. The Morgan fingerprint density at radius 2 is 2.04 bits per heavy atom. The van der Waals surface area contributed by atoms with Crippen LogP contribution in [0, 0.1) is 0 Å². The number of carbonyl (C=O) groups is 2. The van der Waals surface area contributed by atoms with E-state index in [0.717, 1.165) is 40.6 Å². The van der Waals surface area contributed by atoms with Crippen molar-refractivity contribution in [3.63, 3.8) is 0 Å². The van der Waals surface area contributed by atoms with Gasteiger partial charge in [0, 0.05) is 42.0 Å². The number of benzene rings is 1. The van der Waals surface area contributed by atoms with E-state index >= 15 is 0 Å². The van der Waals surface area contributed by atoms with Gasteiger partial charge in [0.2, 0.25) is 0 Å². The molecule has 6 heteroatoms. The van der Waals surface area contributed by atoms with E-state index in [9.17, 15) is 9.59 Å². The first-order valence-corrected chi connectivity index (χ1v) is 9.83. The molecule has 28 heavy (non-hydrogen) atoms. The van der Waals surface area contributed by atoms with Crippen molar-refractivity contribution in [1.82, 2.24) is 19.8 Å². The van der Waals surface area contributed by atoms with Gasteiger partial charge in [0.1, 0.15) is 12.1 Å². The molecule has 5 rings (SSSR count). The molecule has 2 atom stereocenters. The first kappa shape index (κ1) is 17.0. The molecule has 1 saturated heterocycles. The van der Waals surface area contributed by atoms with Crippen molar-refractivity contribution in [2.75, 3.05) is 6.54 Å². The molecule has 2 aliphatic heterocycles. The zero-order valence-electron chi connectivity index (χ0n) is 15.8. The van der Waals surface area contributed by atoms with Crippen LogP contribution in [0.1, 0.15) is 42.6 Å². The van der Waals surface area contributed by atoms with Crippen LogP contribution >= 0.6 is 0 Å². The van der Waals surface area contributed by atoms with E-state index in [2.05, 4.69) is 23.0 Å². The summed E-state index contributed by atoms with van der Waals surface area (Å²) in [6, 6.07) is 11.0. The number of aromatic nitrogens is 2. The van der Waals surface area contributed by atoms with Crippen LogP contribution in [-0.2, 0) is 11.2 Å². The van der Waals surface area contributed by atoms with Crippen molar-refractivity contribution in [3.05, 3.63) is 65.6 Å². The molecule has 142 valence electrons. The zero-order valence-corrected chi connectivity index (χ0v) is 15.8. The summed E-state index contributed by atoms with van der Waals surface area (Å²) in [7, 11) is 0. The van der Waals surface area contributed by atoms with Crippen LogP contribution in [0.3, 0.4) is 0 Å². The average molecular weight is 374 g/mol. The van der Waals surface area contributed by atoms with Gasteiger partial charge < -0.3 is 4.98 Å². The number of amides is 3. The molecule has 1 aromatic carbocycles. The van der Waals surface area contributed by atoms with E-state index in [-0.39, 0.29) is 18.0 Å². The normalized spacial score (nSPS) is 21.3. The fourth-order valence-corrected chi connectivity index (χ4v) is 4.54. The monoisotopic (exact) mass is 374 g/mol. The van der Waals surface area contributed by atoms with Crippen LogP contribution in [0.4, 0.5) is 4.79 Å². The number of carbonyl (C=O) groups excluding carboxylic acids is 2. The van der Waals surface area contributed by atoms with Gasteiger partial charge in [-0.1, -0.05) is 37.6 Å². The molecule has 6 nitrogen and oxygen atoms in total. The summed E-state index contributed by atoms with van der Waals surface area (Å²) in [4.78, 5) is 37.4.